The molecule has 2 fully saturated rings. The molecular weight excluding hydrogens is 342 g/mol. The number of anilines is 1. The molecule has 0 radical (unpaired) electrons. The number of amides is 2. The average molecular weight is 369 g/mol. The van der Waals surface area contributed by atoms with Crippen LogP contribution in [0, 0.1) is 0 Å². The molecule has 3 aliphatic rings. The number of nitrogens with two attached hydrogens (primary N) is 1. The molecule has 7 nitrogen and oxygen atoms in total. The number of hydrogen-bond donors (Lipinski definition) is 1. The minimum atomic E-state index is -0.605. The molecule has 2 N–H and O–H groups in total. The van der Waals surface area contributed by atoms with E-state index < -0.39 is 11.9 Å². The first-order valence-corrected chi connectivity index (χ1v) is 9.88. The predicted octanol–water partition coefficient (Wildman–Crippen LogP) is 1.19. The first-order valence-electron chi connectivity index (χ1n) is 9.88. The molecule has 1 unspecified atom stereocenters. The van der Waals surface area contributed by atoms with Crippen LogP contribution in [0.1, 0.15) is 32.1 Å². The molecule has 7 heteroatoms. The average Bonchev–Trinajstić information content (AvgIpc) is 3.38. The summed E-state index contributed by atoms with van der Waals surface area (Å²) in [6, 6.07) is 9.49. The molecule has 0 spiro atoms. The van der Waals surface area contributed by atoms with Crippen LogP contribution in [0.2, 0.25) is 0 Å². The fraction of sp³-hybridized carbons (Fsp3) is 0.550. The maximum Gasteiger partial charge on any atom is 0.270 e. The highest BCUT2D eigenvalue weighted by Crippen LogP contribution is 2.26. The van der Waals surface area contributed by atoms with E-state index in [4.69, 9.17) is 5.73 Å². The van der Waals surface area contributed by atoms with E-state index in [9.17, 15) is 9.59 Å². The standard InChI is InChI=1S/C20H27N5O2/c21-19(26)18-14-17(22-25(18)16-8-2-1-3-9-16)20(27)24-12-10-23(11-13-24)15-6-4-5-7-15/h1-3,8-9,15,18H,4-7,10-14H2,(H2,21,26). The van der Waals surface area contributed by atoms with Crippen molar-refractivity contribution in [3.05, 3.63) is 30.3 Å². The Morgan fingerprint density at radius 1 is 1.00 bits per heavy atom. The van der Waals surface area contributed by atoms with Gasteiger partial charge in [-0.05, 0) is 25.0 Å². The molecule has 0 aromatic heterocycles. The number of hydrazone groups is 1. The Bertz CT molecular complexity index is 721. The van der Waals surface area contributed by atoms with Crippen molar-refractivity contribution in [2.24, 2.45) is 10.8 Å². The zero-order chi connectivity index (χ0) is 18.8. The van der Waals surface area contributed by atoms with Gasteiger partial charge in [0.1, 0.15) is 11.8 Å². The number of nitrogens with zero attached hydrogens (tertiary/aromatic N) is 4. The largest absolute Gasteiger partial charge is 0.368 e. The van der Waals surface area contributed by atoms with E-state index in [1.807, 2.05) is 35.2 Å². The van der Waals surface area contributed by atoms with Crippen LogP contribution in [0.15, 0.2) is 35.4 Å². The second-order valence-corrected chi connectivity index (χ2v) is 7.62. The van der Waals surface area contributed by atoms with Crippen LogP contribution < -0.4 is 10.7 Å². The van der Waals surface area contributed by atoms with Crippen molar-refractivity contribution in [2.45, 2.75) is 44.2 Å². The second-order valence-electron chi connectivity index (χ2n) is 7.62. The Morgan fingerprint density at radius 3 is 2.30 bits per heavy atom. The predicted molar refractivity (Wildman–Crippen MR) is 104 cm³/mol. The second kappa shape index (κ2) is 7.68. The minimum absolute atomic E-state index is 0.0641. The summed E-state index contributed by atoms with van der Waals surface area (Å²) < 4.78 is 0. The normalized spacial score (nSPS) is 24.3. The van der Waals surface area contributed by atoms with Gasteiger partial charge < -0.3 is 10.6 Å². The summed E-state index contributed by atoms with van der Waals surface area (Å²) in [5.41, 5.74) is 6.77. The molecule has 27 heavy (non-hydrogen) atoms. The lowest BCUT2D eigenvalue weighted by atomic mass is 10.1. The molecule has 1 aromatic rings. The quantitative estimate of drug-likeness (QED) is 0.864. The molecule has 2 aliphatic heterocycles. The summed E-state index contributed by atoms with van der Waals surface area (Å²) in [5.74, 6) is -0.526. The summed E-state index contributed by atoms with van der Waals surface area (Å²) in [4.78, 5) is 29.3. The van der Waals surface area contributed by atoms with Crippen LogP contribution in [0.5, 0.6) is 0 Å². The van der Waals surface area contributed by atoms with E-state index in [1.54, 1.807) is 5.01 Å². The van der Waals surface area contributed by atoms with E-state index in [2.05, 4.69) is 10.0 Å². The first-order chi connectivity index (χ1) is 13.1. The Morgan fingerprint density at radius 2 is 1.67 bits per heavy atom. The highest BCUT2D eigenvalue weighted by molar-refractivity contribution is 6.40. The molecule has 1 aliphatic carbocycles. The zero-order valence-electron chi connectivity index (χ0n) is 15.6. The highest BCUT2D eigenvalue weighted by atomic mass is 16.2. The minimum Gasteiger partial charge on any atom is -0.368 e. The summed E-state index contributed by atoms with van der Waals surface area (Å²) in [6.07, 6.45) is 5.49. The molecule has 2 amide bonds. The smallest absolute Gasteiger partial charge is 0.270 e. The number of rotatable bonds is 4. The van der Waals surface area contributed by atoms with Gasteiger partial charge in [0.05, 0.1) is 5.69 Å². The lowest BCUT2D eigenvalue weighted by molar-refractivity contribution is -0.126. The number of hydrogen-bond acceptors (Lipinski definition) is 5. The van der Waals surface area contributed by atoms with E-state index in [-0.39, 0.29) is 12.3 Å². The van der Waals surface area contributed by atoms with Gasteiger partial charge in [0.15, 0.2) is 0 Å². The third-order valence-corrected chi connectivity index (χ3v) is 5.95. The Hall–Kier alpha value is -2.41. The fourth-order valence-electron chi connectivity index (χ4n) is 4.42. The maximum absolute atomic E-state index is 13.0. The molecule has 1 saturated heterocycles. The monoisotopic (exact) mass is 369 g/mol. The van der Waals surface area contributed by atoms with Gasteiger partial charge in [-0.15, -0.1) is 0 Å². The summed E-state index contributed by atoms with van der Waals surface area (Å²) >= 11 is 0. The molecular formula is C20H27N5O2. The van der Waals surface area contributed by atoms with E-state index in [0.717, 1.165) is 31.9 Å². The lowest BCUT2D eigenvalue weighted by Crippen LogP contribution is -2.52. The number of carbonyl (C=O) groups is 2. The molecule has 1 atom stereocenters. The van der Waals surface area contributed by atoms with Crippen molar-refractivity contribution in [2.75, 3.05) is 31.2 Å². The first kappa shape index (κ1) is 18.0. The molecule has 2 heterocycles. The number of para-hydroxylation sites is 1. The van der Waals surface area contributed by atoms with Crippen LogP contribution in [0.25, 0.3) is 0 Å². The van der Waals surface area contributed by atoms with Gasteiger partial charge in [-0.1, -0.05) is 31.0 Å². The third-order valence-electron chi connectivity index (χ3n) is 5.95. The van der Waals surface area contributed by atoms with Crippen LogP contribution in [0.3, 0.4) is 0 Å². The molecule has 4 rings (SSSR count). The van der Waals surface area contributed by atoms with E-state index in [0.29, 0.717) is 11.8 Å². The number of primary amides is 1. The van der Waals surface area contributed by atoms with Gasteiger partial charge in [0, 0.05) is 38.6 Å². The Labute approximate surface area is 159 Å². The highest BCUT2D eigenvalue weighted by Gasteiger charge is 2.37. The Kier molecular flexibility index (Phi) is 5.11. The third kappa shape index (κ3) is 3.69. The maximum atomic E-state index is 13.0. The van der Waals surface area contributed by atoms with Gasteiger partial charge in [0.2, 0.25) is 5.91 Å². The van der Waals surface area contributed by atoms with Crippen molar-refractivity contribution in [1.29, 1.82) is 0 Å². The van der Waals surface area contributed by atoms with Crippen LogP contribution >= 0.6 is 0 Å². The van der Waals surface area contributed by atoms with Crippen molar-refractivity contribution in [3.63, 3.8) is 0 Å². The van der Waals surface area contributed by atoms with Crippen molar-refractivity contribution < 1.29 is 9.59 Å². The van der Waals surface area contributed by atoms with Crippen LogP contribution in [0.4, 0.5) is 5.69 Å². The molecule has 0 bridgehead atoms. The fourth-order valence-corrected chi connectivity index (χ4v) is 4.42. The van der Waals surface area contributed by atoms with E-state index >= 15 is 0 Å². The number of benzene rings is 1. The lowest BCUT2D eigenvalue weighted by Gasteiger charge is -2.38. The number of carbonyl (C=O) groups excluding carboxylic acids is 2. The van der Waals surface area contributed by atoms with Crippen LogP contribution in [-0.4, -0.2) is 65.6 Å². The topological polar surface area (TPSA) is 82.2 Å². The summed E-state index contributed by atoms with van der Waals surface area (Å²) in [7, 11) is 0. The van der Waals surface area contributed by atoms with Gasteiger partial charge in [0.25, 0.3) is 5.91 Å². The van der Waals surface area contributed by atoms with Gasteiger partial charge in [-0.3, -0.25) is 19.5 Å². The number of piperazine rings is 1. The van der Waals surface area contributed by atoms with Crippen molar-refractivity contribution in [3.8, 4) is 0 Å². The van der Waals surface area contributed by atoms with Gasteiger partial charge in [-0.2, -0.15) is 5.10 Å². The van der Waals surface area contributed by atoms with Gasteiger partial charge >= 0.3 is 0 Å². The van der Waals surface area contributed by atoms with E-state index in [1.165, 1.54) is 25.7 Å². The Balaban J connectivity index is 1.43. The van der Waals surface area contributed by atoms with Gasteiger partial charge in [-0.25, -0.2) is 0 Å². The van der Waals surface area contributed by atoms with Crippen molar-refractivity contribution >= 4 is 23.2 Å². The molecule has 144 valence electrons. The SMILES string of the molecule is NC(=O)C1CC(C(=O)N2CCN(C3CCCC3)CC2)=NN1c1ccccc1. The molecule has 1 saturated carbocycles. The zero-order valence-corrected chi connectivity index (χ0v) is 15.6. The summed E-state index contributed by atoms with van der Waals surface area (Å²) in [5, 5.41) is 6.06. The summed E-state index contributed by atoms with van der Waals surface area (Å²) in [6.45, 7) is 3.29. The van der Waals surface area contributed by atoms with Crippen LogP contribution in [-0.2, 0) is 9.59 Å². The molecule has 1 aromatic carbocycles. The van der Waals surface area contributed by atoms with Crippen molar-refractivity contribution in [1.82, 2.24) is 9.80 Å².